The minimum Gasteiger partial charge on any atom is -0.493 e. The van der Waals surface area contributed by atoms with Gasteiger partial charge < -0.3 is 9.47 Å². The maximum atomic E-state index is 14.1. The molecule has 180 valence electrons. The van der Waals surface area contributed by atoms with Gasteiger partial charge in [0.25, 0.3) is 5.91 Å². The number of nitrogens with zero attached hydrogens (tertiary/aromatic N) is 2. The van der Waals surface area contributed by atoms with Crippen molar-refractivity contribution in [1.29, 1.82) is 0 Å². The fourth-order valence-corrected chi connectivity index (χ4v) is 5.31. The number of fused-ring (bicyclic) bond motifs is 2. The number of hydrogen-bond acceptors (Lipinski definition) is 6. The molecule has 3 atom stereocenters. The van der Waals surface area contributed by atoms with Crippen molar-refractivity contribution in [3.05, 3.63) is 96.6 Å². The minimum absolute atomic E-state index is 0.311. The molecule has 0 bridgehead atoms. The average molecular weight is 481 g/mol. The van der Waals surface area contributed by atoms with E-state index in [2.05, 4.69) is 0 Å². The Kier molecular flexibility index (Phi) is 5.34. The zero-order chi connectivity index (χ0) is 24.8. The molecule has 2 aliphatic heterocycles. The summed E-state index contributed by atoms with van der Waals surface area (Å²) in [5.41, 5.74) is 2.00. The van der Waals surface area contributed by atoms with Crippen LogP contribution in [0.3, 0.4) is 0 Å². The quantitative estimate of drug-likeness (QED) is 0.378. The number of ether oxygens (including phenoxy) is 2. The first kappa shape index (κ1) is 22.1. The molecule has 2 heterocycles. The monoisotopic (exact) mass is 480 g/mol. The van der Waals surface area contributed by atoms with Crippen LogP contribution in [0.2, 0.25) is 0 Å². The minimum atomic E-state index is -0.974. The molecule has 36 heavy (non-hydrogen) atoms. The van der Waals surface area contributed by atoms with Gasteiger partial charge in [-0.1, -0.05) is 66.7 Å². The van der Waals surface area contributed by atoms with E-state index in [0.717, 1.165) is 16.5 Å². The Labute approximate surface area is 208 Å². The molecule has 2 fully saturated rings. The zero-order valence-electron chi connectivity index (χ0n) is 19.8. The van der Waals surface area contributed by atoms with E-state index in [1.807, 2.05) is 78.9 Å². The van der Waals surface area contributed by atoms with Gasteiger partial charge in [0.15, 0.2) is 17.6 Å². The first-order valence-corrected chi connectivity index (χ1v) is 11.7. The van der Waals surface area contributed by atoms with E-state index in [1.165, 1.54) is 4.90 Å². The Bertz CT molecular complexity index is 1470. The number of carbonyl (C=O) groups excluding carboxylic acids is 2. The number of benzene rings is 4. The molecule has 2 saturated heterocycles. The van der Waals surface area contributed by atoms with Crippen molar-refractivity contribution in [2.24, 2.45) is 5.92 Å². The van der Waals surface area contributed by atoms with E-state index < -0.39 is 18.1 Å². The summed E-state index contributed by atoms with van der Waals surface area (Å²) in [6.07, 6.45) is -0.974. The lowest BCUT2D eigenvalue weighted by molar-refractivity contribution is -0.126. The fourth-order valence-electron chi connectivity index (χ4n) is 5.31. The lowest BCUT2D eigenvalue weighted by atomic mass is 9.89. The Morgan fingerprint density at radius 1 is 0.750 bits per heavy atom. The molecule has 7 heteroatoms. The van der Waals surface area contributed by atoms with Crippen LogP contribution in [-0.4, -0.2) is 32.1 Å². The van der Waals surface area contributed by atoms with Gasteiger partial charge in [0, 0.05) is 10.9 Å². The predicted molar refractivity (Wildman–Crippen MR) is 136 cm³/mol. The summed E-state index contributed by atoms with van der Waals surface area (Å²) >= 11 is 0. The van der Waals surface area contributed by atoms with Gasteiger partial charge in [0.05, 0.1) is 25.6 Å². The molecule has 6 rings (SSSR count). The number of rotatable bonds is 5. The summed E-state index contributed by atoms with van der Waals surface area (Å²) in [7, 11) is 3.13. The summed E-state index contributed by atoms with van der Waals surface area (Å²) in [6, 6.07) is 27.7. The van der Waals surface area contributed by atoms with E-state index in [-0.39, 0.29) is 11.8 Å². The number of imide groups is 1. The summed E-state index contributed by atoms with van der Waals surface area (Å²) in [4.78, 5) is 35.4. The van der Waals surface area contributed by atoms with Gasteiger partial charge in [-0.25, -0.2) is 9.96 Å². The second-order valence-corrected chi connectivity index (χ2v) is 8.75. The van der Waals surface area contributed by atoms with Crippen molar-refractivity contribution in [2.75, 3.05) is 24.2 Å². The van der Waals surface area contributed by atoms with E-state index in [9.17, 15) is 9.59 Å². The average Bonchev–Trinajstić information content (AvgIpc) is 3.43. The van der Waals surface area contributed by atoms with E-state index >= 15 is 0 Å². The molecular weight excluding hydrogens is 456 g/mol. The number of para-hydroxylation sites is 2. The molecule has 0 saturated carbocycles. The van der Waals surface area contributed by atoms with Crippen molar-refractivity contribution < 1.29 is 23.9 Å². The van der Waals surface area contributed by atoms with Crippen LogP contribution in [0.15, 0.2) is 91.0 Å². The van der Waals surface area contributed by atoms with Gasteiger partial charge in [-0.2, -0.15) is 0 Å². The number of methoxy groups -OCH3 is 2. The first-order chi connectivity index (χ1) is 17.6. The maximum absolute atomic E-state index is 14.1. The van der Waals surface area contributed by atoms with Crippen LogP contribution in [0, 0.1) is 5.92 Å². The fraction of sp³-hybridized carbons (Fsp3) is 0.172. The molecule has 2 aliphatic rings. The van der Waals surface area contributed by atoms with E-state index in [0.29, 0.717) is 22.7 Å². The largest absolute Gasteiger partial charge is 0.493 e. The number of amides is 2. The number of carbonyl (C=O) groups is 2. The van der Waals surface area contributed by atoms with Crippen LogP contribution in [0.1, 0.15) is 11.6 Å². The van der Waals surface area contributed by atoms with Gasteiger partial charge >= 0.3 is 0 Å². The smallest absolute Gasteiger partial charge is 0.266 e. The van der Waals surface area contributed by atoms with Crippen LogP contribution in [0.25, 0.3) is 10.8 Å². The van der Waals surface area contributed by atoms with Crippen molar-refractivity contribution in [3.8, 4) is 11.5 Å². The van der Waals surface area contributed by atoms with Crippen LogP contribution >= 0.6 is 0 Å². The van der Waals surface area contributed by atoms with Crippen molar-refractivity contribution >= 4 is 34.0 Å². The number of hydroxylamine groups is 1. The first-order valence-electron chi connectivity index (χ1n) is 11.7. The van der Waals surface area contributed by atoms with Crippen LogP contribution in [0.4, 0.5) is 11.4 Å². The third kappa shape index (κ3) is 3.24. The maximum Gasteiger partial charge on any atom is 0.266 e. The Hall–Kier alpha value is -4.36. The number of anilines is 2. The molecule has 7 nitrogen and oxygen atoms in total. The lowest BCUT2D eigenvalue weighted by Gasteiger charge is -2.30. The lowest BCUT2D eigenvalue weighted by Crippen LogP contribution is -2.37. The van der Waals surface area contributed by atoms with Gasteiger partial charge in [-0.3, -0.25) is 14.4 Å². The molecule has 4 aromatic carbocycles. The Morgan fingerprint density at radius 2 is 1.47 bits per heavy atom. The second-order valence-electron chi connectivity index (χ2n) is 8.75. The highest BCUT2D eigenvalue weighted by Gasteiger charge is 2.61. The molecule has 0 spiro atoms. The van der Waals surface area contributed by atoms with Gasteiger partial charge in [0.1, 0.15) is 12.0 Å². The zero-order valence-corrected chi connectivity index (χ0v) is 19.8. The van der Waals surface area contributed by atoms with Crippen LogP contribution < -0.4 is 19.4 Å². The summed E-state index contributed by atoms with van der Waals surface area (Å²) in [5.74, 6) is -0.438. The summed E-state index contributed by atoms with van der Waals surface area (Å²) in [5, 5.41) is 3.44. The third-order valence-corrected chi connectivity index (χ3v) is 6.89. The van der Waals surface area contributed by atoms with Gasteiger partial charge in [0.2, 0.25) is 5.91 Å². The van der Waals surface area contributed by atoms with Crippen LogP contribution in [-0.2, 0) is 14.4 Å². The predicted octanol–water partition coefficient (Wildman–Crippen LogP) is 4.91. The van der Waals surface area contributed by atoms with E-state index in [4.69, 9.17) is 14.3 Å². The van der Waals surface area contributed by atoms with Crippen molar-refractivity contribution in [1.82, 2.24) is 0 Å². The Morgan fingerprint density at radius 3 is 2.25 bits per heavy atom. The molecule has 0 unspecified atom stereocenters. The third-order valence-electron chi connectivity index (χ3n) is 6.89. The highest BCUT2D eigenvalue weighted by Crippen LogP contribution is 2.51. The summed E-state index contributed by atoms with van der Waals surface area (Å²) in [6.45, 7) is 0. The standard InChI is InChI=1S/C29H24N2O5/c1-34-23-17-9-15-21(26(23)35-2)25-24-27(36-31(25)19-12-4-3-5-13-19)29(33)30(28(24)32)22-16-8-11-18-10-6-7-14-20(18)22/h3-17,24-25,27H,1-2H3/t24-,25-,27-/m1/s1. The highest BCUT2D eigenvalue weighted by atomic mass is 16.7. The summed E-state index contributed by atoms with van der Waals surface area (Å²) < 4.78 is 11.3. The number of hydrogen-bond donors (Lipinski definition) is 0. The normalized spacial score (nSPS) is 21.2. The molecule has 4 aromatic rings. The van der Waals surface area contributed by atoms with Gasteiger partial charge in [-0.15, -0.1) is 0 Å². The second kappa shape index (κ2) is 8.70. The van der Waals surface area contributed by atoms with E-state index in [1.54, 1.807) is 31.4 Å². The molecule has 2 amide bonds. The molecular formula is C29H24N2O5. The van der Waals surface area contributed by atoms with Crippen molar-refractivity contribution in [2.45, 2.75) is 12.1 Å². The molecule has 0 aromatic heterocycles. The van der Waals surface area contributed by atoms with Gasteiger partial charge in [-0.05, 0) is 29.7 Å². The molecule has 0 aliphatic carbocycles. The van der Waals surface area contributed by atoms with Crippen molar-refractivity contribution in [3.63, 3.8) is 0 Å². The Balaban J connectivity index is 1.50. The molecule has 0 N–H and O–H groups in total. The topological polar surface area (TPSA) is 68.3 Å². The SMILES string of the molecule is COc1cccc([C@@H]2[C@H]3C(=O)N(c4cccc5ccccc45)C(=O)[C@@H]3ON2c2ccccc2)c1OC. The molecule has 0 radical (unpaired) electrons. The van der Waals surface area contributed by atoms with Crippen LogP contribution in [0.5, 0.6) is 11.5 Å². The highest BCUT2D eigenvalue weighted by molar-refractivity contribution is 6.26.